The number of carbonyl (C=O) groups excluding carboxylic acids is 1. The van der Waals surface area contributed by atoms with Gasteiger partial charge >= 0.3 is 0 Å². The Bertz CT molecular complexity index is 206. The molecule has 54 valence electrons. The van der Waals surface area contributed by atoms with Crippen LogP contribution in [0.25, 0.3) is 0 Å². The van der Waals surface area contributed by atoms with Crippen LogP contribution in [0.4, 0.5) is 5.82 Å². The zero-order valence-electron chi connectivity index (χ0n) is 5.29. The zero-order valence-corrected chi connectivity index (χ0v) is 5.29. The van der Waals surface area contributed by atoms with Crippen LogP contribution < -0.4 is 5.32 Å². The topological polar surface area (TPSA) is 65.1 Å². The Labute approximate surface area is 57.9 Å². The Morgan fingerprint density at radius 1 is 1.80 bits per heavy atom. The minimum atomic E-state index is -0.487. The predicted molar refractivity (Wildman–Crippen MR) is 36.5 cm³/mol. The molecule has 0 bridgehead atoms. The van der Waals surface area contributed by atoms with E-state index in [1.165, 1.54) is 0 Å². The quantitative estimate of drug-likeness (QED) is 0.539. The summed E-state index contributed by atoms with van der Waals surface area (Å²) in [6.07, 6.45) is 1.69. The molecule has 1 amide bonds. The van der Waals surface area contributed by atoms with Gasteiger partial charge in [0.15, 0.2) is 0 Å². The summed E-state index contributed by atoms with van der Waals surface area (Å²) in [5.41, 5.74) is 0. The second kappa shape index (κ2) is 3.03. The summed E-state index contributed by atoms with van der Waals surface area (Å²) < 4.78 is 0. The molecule has 1 rings (SSSR count). The molecule has 1 heterocycles. The van der Waals surface area contributed by atoms with Crippen molar-refractivity contribution in [3.63, 3.8) is 0 Å². The molecule has 1 aromatic rings. The number of hydrogen-bond acceptors (Lipinski definition) is 2. The standard InChI is InChI=1S/C6H8N2O2/c9-4-6(10)8-5-2-1-3-7-5/h1-3,7,9H,4H2,(H,8,10). The number of aliphatic hydroxyl groups is 1. The van der Waals surface area contributed by atoms with E-state index in [0.29, 0.717) is 5.82 Å². The van der Waals surface area contributed by atoms with Crippen LogP contribution in [-0.2, 0) is 4.79 Å². The average Bonchev–Trinajstić information content (AvgIpc) is 2.40. The summed E-state index contributed by atoms with van der Waals surface area (Å²) in [6.45, 7) is -0.487. The van der Waals surface area contributed by atoms with Crippen LogP contribution >= 0.6 is 0 Å². The molecule has 0 aliphatic carbocycles. The van der Waals surface area contributed by atoms with Gasteiger partial charge in [-0.2, -0.15) is 0 Å². The van der Waals surface area contributed by atoms with Crippen LogP contribution in [0.2, 0.25) is 0 Å². The highest BCUT2D eigenvalue weighted by atomic mass is 16.3. The van der Waals surface area contributed by atoms with Crippen LogP contribution in [0.3, 0.4) is 0 Å². The molecular weight excluding hydrogens is 132 g/mol. The number of carbonyl (C=O) groups is 1. The molecule has 4 heteroatoms. The summed E-state index contributed by atoms with van der Waals surface area (Å²) in [5.74, 6) is 0.182. The molecule has 3 N–H and O–H groups in total. The van der Waals surface area contributed by atoms with E-state index in [1.807, 2.05) is 0 Å². The molecule has 0 atom stereocenters. The molecule has 4 nitrogen and oxygen atoms in total. The Balaban J connectivity index is 2.48. The minimum absolute atomic E-state index is 0.414. The lowest BCUT2D eigenvalue weighted by atomic mass is 10.5. The van der Waals surface area contributed by atoms with E-state index in [9.17, 15) is 4.79 Å². The van der Waals surface area contributed by atoms with E-state index in [1.54, 1.807) is 18.3 Å². The number of hydrogen-bond donors (Lipinski definition) is 3. The molecule has 0 aromatic carbocycles. The molecule has 1 aromatic heterocycles. The van der Waals surface area contributed by atoms with Crippen LogP contribution in [0, 0.1) is 0 Å². The summed E-state index contributed by atoms with van der Waals surface area (Å²) in [7, 11) is 0. The number of aliphatic hydroxyl groups excluding tert-OH is 1. The average molecular weight is 140 g/mol. The highest BCUT2D eigenvalue weighted by Gasteiger charge is 1.97. The fourth-order valence-corrected chi connectivity index (χ4v) is 0.598. The van der Waals surface area contributed by atoms with Crippen molar-refractivity contribution in [1.82, 2.24) is 4.98 Å². The van der Waals surface area contributed by atoms with E-state index >= 15 is 0 Å². The summed E-state index contributed by atoms with van der Waals surface area (Å²) in [6, 6.07) is 3.46. The first-order chi connectivity index (χ1) is 4.83. The molecule has 0 saturated heterocycles. The third-order valence-electron chi connectivity index (χ3n) is 1.02. The van der Waals surface area contributed by atoms with Gasteiger partial charge in [-0.15, -0.1) is 0 Å². The van der Waals surface area contributed by atoms with Crippen molar-refractivity contribution in [3.8, 4) is 0 Å². The first-order valence-electron chi connectivity index (χ1n) is 2.87. The Morgan fingerprint density at radius 3 is 3.10 bits per heavy atom. The first kappa shape index (κ1) is 6.82. The van der Waals surface area contributed by atoms with Crippen molar-refractivity contribution in [3.05, 3.63) is 18.3 Å². The summed E-state index contributed by atoms with van der Waals surface area (Å²) in [5, 5.41) is 10.7. The molecule has 0 spiro atoms. The first-order valence-corrected chi connectivity index (χ1v) is 2.87. The van der Waals surface area contributed by atoms with Crippen molar-refractivity contribution >= 4 is 11.7 Å². The maximum atomic E-state index is 10.5. The van der Waals surface area contributed by atoms with Crippen LogP contribution in [0.5, 0.6) is 0 Å². The van der Waals surface area contributed by atoms with Gasteiger partial charge < -0.3 is 15.4 Å². The van der Waals surface area contributed by atoms with Gasteiger partial charge in [0.25, 0.3) is 5.91 Å². The lowest BCUT2D eigenvalue weighted by Gasteiger charge is -1.96. The Hall–Kier alpha value is -1.29. The molecule has 0 saturated carbocycles. The fraction of sp³-hybridized carbons (Fsp3) is 0.167. The number of rotatable bonds is 2. The highest BCUT2D eigenvalue weighted by Crippen LogP contribution is 1.99. The Kier molecular flexibility index (Phi) is 2.07. The van der Waals surface area contributed by atoms with Gasteiger partial charge in [-0.3, -0.25) is 4.79 Å². The molecule has 10 heavy (non-hydrogen) atoms. The van der Waals surface area contributed by atoms with Crippen molar-refractivity contribution < 1.29 is 9.90 Å². The van der Waals surface area contributed by atoms with Gasteiger partial charge in [0, 0.05) is 6.20 Å². The van der Waals surface area contributed by atoms with Gasteiger partial charge in [0.05, 0.1) is 0 Å². The van der Waals surface area contributed by atoms with Gasteiger partial charge in [0.1, 0.15) is 12.4 Å². The molecule has 0 aliphatic heterocycles. The number of anilines is 1. The van der Waals surface area contributed by atoms with Crippen LogP contribution in [-0.4, -0.2) is 22.6 Å². The maximum Gasteiger partial charge on any atom is 0.251 e. The number of amides is 1. The van der Waals surface area contributed by atoms with Gasteiger partial charge in [0.2, 0.25) is 0 Å². The van der Waals surface area contributed by atoms with E-state index in [0.717, 1.165) is 0 Å². The van der Waals surface area contributed by atoms with Crippen molar-refractivity contribution in [2.75, 3.05) is 11.9 Å². The SMILES string of the molecule is O=C(CO)Nc1ccc[nH]1. The van der Waals surface area contributed by atoms with E-state index in [-0.39, 0.29) is 0 Å². The number of nitrogens with one attached hydrogen (secondary N) is 2. The highest BCUT2D eigenvalue weighted by molar-refractivity contribution is 5.90. The van der Waals surface area contributed by atoms with Crippen molar-refractivity contribution in [2.24, 2.45) is 0 Å². The lowest BCUT2D eigenvalue weighted by Crippen LogP contribution is -2.15. The zero-order chi connectivity index (χ0) is 7.40. The normalized spacial score (nSPS) is 9.30. The summed E-state index contributed by atoms with van der Waals surface area (Å²) >= 11 is 0. The van der Waals surface area contributed by atoms with E-state index in [2.05, 4.69) is 10.3 Å². The van der Waals surface area contributed by atoms with Gasteiger partial charge in [-0.05, 0) is 12.1 Å². The van der Waals surface area contributed by atoms with Gasteiger partial charge in [-0.1, -0.05) is 0 Å². The number of H-pyrrole nitrogens is 1. The Morgan fingerprint density at radius 2 is 2.60 bits per heavy atom. The van der Waals surface area contributed by atoms with Crippen LogP contribution in [0.15, 0.2) is 18.3 Å². The fourth-order valence-electron chi connectivity index (χ4n) is 0.598. The van der Waals surface area contributed by atoms with E-state index in [4.69, 9.17) is 5.11 Å². The maximum absolute atomic E-state index is 10.5. The second-order valence-electron chi connectivity index (χ2n) is 1.79. The third-order valence-corrected chi connectivity index (χ3v) is 1.02. The third kappa shape index (κ3) is 1.60. The van der Waals surface area contributed by atoms with E-state index < -0.39 is 12.5 Å². The molecule has 0 aliphatic rings. The molecular formula is C6H8N2O2. The summed E-state index contributed by atoms with van der Waals surface area (Å²) in [4.78, 5) is 13.3. The monoisotopic (exact) mass is 140 g/mol. The minimum Gasteiger partial charge on any atom is -0.387 e. The number of aromatic amines is 1. The largest absolute Gasteiger partial charge is 0.387 e. The second-order valence-corrected chi connectivity index (χ2v) is 1.79. The molecule has 0 radical (unpaired) electrons. The van der Waals surface area contributed by atoms with Crippen molar-refractivity contribution in [2.45, 2.75) is 0 Å². The number of aromatic nitrogens is 1. The van der Waals surface area contributed by atoms with Crippen molar-refractivity contribution in [1.29, 1.82) is 0 Å². The smallest absolute Gasteiger partial charge is 0.251 e. The predicted octanol–water partition coefficient (Wildman–Crippen LogP) is -0.0545. The molecule has 0 unspecified atom stereocenters. The lowest BCUT2D eigenvalue weighted by molar-refractivity contribution is -0.118. The van der Waals surface area contributed by atoms with Gasteiger partial charge in [-0.25, -0.2) is 0 Å². The molecule has 0 fully saturated rings. The van der Waals surface area contributed by atoms with Crippen LogP contribution in [0.1, 0.15) is 0 Å².